The van der Waals surface area contributed by atoms with E-state index in [9.17, 15) is 4.79 Å². The molecule has 0 unspecified atom stereocenters. The van der Waals surface area contributed by atoms with E-state index in [1.54, 1.807) is 0 Å². The first kappa shape index (κ1) is 12.7. The van der Waals surface area contributed by atoms with Crippen LogP contribution >= 0.6 is 0 Å². The molecular formula is C15H18N4O. The van der Waals surface area contributed by atoms with Gasteiger partial charge in [-0.05, 0) is 39.3 Å². The van der Waals surface area contributed by atoms with Crippen LogP contribution in [0.4, 0.5) is 0 Å². The van der Waals surface area contributed by atoms with Gasteiger partial charge in [0.1, 0.15) is 0 Å². The average molecular weight is 270 g/mol. The SMILES string of the molecule is Cc1ccc2[nH]c(=O)[nH]c2c1-c1cnn(C(C)(C)C)c1. The summed E-state index contributed by atoms with van der Waals surface area (Å²) in [7, 11) is 0. The summed E-state index contributed by atoms with van der Waals surface area (Å²) < 4.78 is 1.94. The van der Waals surface area contributed by atoms with Gasteiger partial charge in [0.25, 0.3) is 0 Å². The normalized spacial score (nSPS) is 12.2. The molecule has 3 rings (SSSR count). The van der Waals surface area contributed by atoms with Crippen molar-refractivity contribution in [3.63, 3.8) is 0 Å². The van der Waals surface area contributed by atoms with Crippen molar-refractivity contribution in [2.75, 3.05) is 0 Å². The molecule has 3 aromatic rings. The zero-order chi connectivity index (χ0) is 14.5. The minimum absolute atomic E-state index is 0.0639. The van der Waals surface area contributed by atoms with Crippen molar-refractivity contribution in [2.45, 2.75) is 33.2 Å². The Morgan fingerprint density at radius 1 is 1.20 bits per heavy atom. The third-order valence-electron chi connectivity index (χ3n) is 3.46. The molecule has 0 radical (unpaired) electrons. The van der Waals surface area contributed by atoms with Crippen LogP contribution in [0.1, 0.15) is 26.3 Å². The number of hydrogen-bond donors (Lipinski definition) is 2. The molecular weight excluding hydrogens is 252 g/mol. The topological polar surface area (TPSA) is 66.5 Å². The number of aromatic amines is 2. The molecule has 0 aliphatic carbocycles. The lowest BCUT2D eigenvalue weighted by Crippen LogP contribution is -2.21. The molecule has 1 aromatic carbocycles. The fourth-order valence-electron chi connectivity index (χ4n) is 2.40. The molecule has 2 heterocycles. The Kier molecular flexibility index (Phi) is 2.61. The van der Waals surface area contributed by atoms with Crippen LogP contribution in [0.3, 0.4) is 0 Å². The van der Waals surface area contributed by atoms with E-state index in [2.05, 4.69) is 35.8 Å². The summed E-state index contributed by atoms with van der Waals surface area (Å²) in [5, 5.41) is 4.43. The Labute approximate surface area is 116 Å². The highest BCUT2D eigenvalue weighted by Gasteiger charge is 2.17. The molecule has 0 atom stereocenters. The number of hydrogen-bond acceptors (Lipinski definition) is 2. The van der Waals surface area contributed by atoms with Crippen LogP contribution in [-0.4, -0.2) is 19.7 Å². The number of benzene rings is 1. The Bertz CT molecular complexity index is 830. The van der Waals surface area contributed by atoms with Crippen LogP contribution in [0, 0.1) is 6.92 Å². The van der Waals surface area contributed by atoms with Crippen LogP contribution in [0.2, 0.25) is 0 Å². The first-order valence-corrected chi connectivity index (χ1v) is 6.63. The quantitative estimate of drug-likeness (QED) is 0.714. The van der Waals surface area contributed by atoms with Gasteiger partial charge in [0, 0.05) is 17.3 Å². The van der Waals surface area contributed by atoms with Crippen molar-refractivity contribution in [3.05, 3.63) is 40.6 Å². The Morgan fingerprint density at radius 2 is 1.95 bits per heavy atom. The zero-order valence-corrected chi connectivity index (χ0v) is 12.1. The van der Waals surface area contributed by atoms with Crippen LogP contribution in [0.5, 0.6) is 0 Å². The number of nitrogens with one attached hydrogen (secondary N) is 2. The van der Waals surface area contributed by atoms with Crippen LogP contribution in [0.25, 0.3) is 22.2 Å². The summed E-state index contributed by atoms with van der Waals surface area (Å²) in [5.74, 6) is 0. The molecule has 104 valence electrons. The predicted molar refractivity (Wildman–Crippen MR) is 79.9 cm³/mol. The van der Waals surface area contributed by atoms with Crippen LogP contribution in [-0.2, 0) is 5.54 Å². The monoisotopic (exact) mass is 270 g/mol. The lowest BCUT2D eigenvalue weighted by molar-refractivity contribution is 0.355. The molecule has 0 bridgehead atoms. The minimum Gasteiger partial charge on any atom is -0.306 e. The van der Waals surface area contributed by atoms with Gasteiger partial charge in [-0.1, -0.05) is 6.07 Å². The first-order chi connectivity index (χ1) is 9.36. The number of aryl methyl sites for hydroxylation is 1. The van der Waals surface area contributed by atoms with E-state index in [4.69, 9.17) is 0 Å². The van der Waals surface area contributed by atoms with Crippen molar-refractivity contribution >= 4 is 11.0 Å². The molecule has 2 aromatic heterocycles. The average Bonchev–Trinajstić information content (AvgIpc) is 2.93. The molecule has 0 fully saturated rings. The molecule has 0 aliphatic heterocycles. The number of nitrogens with zero attached hydrogens (tertiary/aromatic N) is 2. The lowest BCUT2D eigenvalue weighted by Gasteiger charge is -2.18. The van der Waals surface area contributed by atoms with Crippen molar-refractivity contribution in [2.24, 2.45) is 0 Å². The van der Waals surface area contributed by atoms with E-state index < -0.39 is 0 Å². The van der Waals surface area contributed by atoms with Gasteiger partial charge in [-0.15, -0.1) is 0 Å². The smallest absolute Gasteiger partial charge is 0.306 e. The summed E-state index contributed by atoms with van der Waals surface area (Å²) in [6.07, 6.45) is 3.87. The summed E-state index contributed by atoms with van der Waals surface area (Å²) in [6, 6.07) is 3.93. The third kappa shape index (κ3) is 1.95. The second-order valence-electron chi connectivity index (χ2n) is 6.10. The lowest BCUT2D eigenvalue weighted by atomic mass is 10.0. The molecule has 5 nitrogen and oxygen atoms in total. The summed E-state index contributed by atoms with van der Waals surface area (Å²) in [5.41, 5.74) is 4.56. The molecule has 20 heavy (non-hydrogen) atoms. The Morgan fingerprint density at radius 3 is 2.60 bits per heavy atom. The summed E-state index contributed by atoms with van der Waals surface area (Å²) in [4.78, 5) is 17.2. The van der Waals surface area contributed by atoms with Gasteiger partial charge in [-0.2, -0.15) is 5.10 Å². The minimum atomic E-state index is -0.185. The highest BCUT2D eigenvalue weighted by Crippen LogP contribution is 2.30. The van der Waals surface area contributed by atoms with Gasteiger partial charge < -0.3 is 9.97 Å². The highest BCUT2D eigenvalue weighted by atomic mass is 16.1. The van der Waals surface area contributed by atoms with Crippen molar-refractivity contribution < 1.29 is 0 Å². The second-order valence-corrected chi connectivity index (χ2v) is 6.10. The molecule has 0 amide bonds. The number of rotatable bonds is 1. The van der Waals surface area contributed by atoms with E-state index in [1.807, 2.05) is 36.1 Å². The Hall–Kier alpha value is -2.30. The third-order valence-corrected chi connectivity index (χ3v) is 3.46. The maximum atomic E-state index is 11.5. The van der Waals surface area contributed by atoms with Gasteiger partial charge in [-0.3, -0.25) is 4.68 Å². The van der Waals surface area contributed by atoms with E-state index >= 15 is 0 Å². The fourth-order valence-corrected chi connectivity index (χ4v) is 2.40. The largest absolute Gasteiger partial charge is 0.323 e. The Balaban J connectivity index is 2.26. The van der Waals surface area contributed by atoms with E-state index in [0.29, 0.717) is 0 Å². The molecule has 5 heteroatoms. The number of H-pyrrole nitrogens is 2. The van der Waals surface area contributed by atoms with Gasteiger partial charge in [0.2, 0.25) is 0 Å². The van der Waals surface area contributed by atoms with Gasteiger partial charge >= 0.3 is 5.69 Å². The fraction of sp³-hybridized carbons (Fsp3) is 0.333. The van der Waals surface area contributed by atoms with E-state index in [-0.39, 0.29) is 11.2 Å². The predicted octanol–water partition coefficient (Wildman–Crippen LogP) is 2.78. The molecule has 0 saturated carbocycles. The van der Waals surface area contributed by atoms with Crippen molar-refractivity contribution in [3.8, 4) is 11.1 Å². The summed E-state index contributed by atoms with van der Waals surface area (Å²) >= 11 is 0. The van der Waals surface area contributed by atoms with Gasteiger partial charge in [0.05, 0.1) is 22.8 Å². The number of imidazole rings is 1. The molecule has 0 saturated heterocycles. The molecule has 0 spiro atoms. The van der Waals surface area contributed by atoms with E-state index in [0.717, 1.165) is 27.7 Å². The van der Waals surface area contributed by atoms with Gasteiger partial charge in [0.15, 0.2) is 0 Å². The van der Waals surface area contributed by atoms with Crippen LogP contribution in [0.15, 0.2) is 29.3 Å². The summed E-state index contributed by atoms with van der Waals surface area (Å²) in [6.45, 7) is 8.36. The standard InChI is InChI=1S/C15H18N4O/c1-9-5-6-11-13(18-14(20)17-11)12(9)10-7-16-19(8-10)15(2,3)4/h5-8H,1-4H3,(H2,17,18,20). The maximum Gasteiger partial charge on any atom is 0.323 e. The molecule has 2 N–H and O–H groups in total. The van der Waals surface area contributed by atoms with Crippen molar-refractivity contribution in [1.82, 2.24) is 19.7 Å². The first-order valence-electron chi connectivity index (χ1n) is 6.63. The highest BCUT2D eigenvalue weighted by molar-refractivity contribution is 5.93. The zero-order valence-electron chi connectivity index (χ0n) is 12.1. The maximum absolute atomic E-state index is 11.5. The molecule has 0 aliphatic rings. The van der Waals surface area contributed by atoms with Crippen LogP contribution < -0.4 is 5.69 Å². The number of fused-ring (bicyclic) bond motifs is 1. The van der Waals surface area contributed by atoms with Crippen molar-refractivity contribution in [1.29, 1.82) is 0 Å². The second kappa shape index (κ2) is 4.10. The van der Waals surface area contributed by atoms with Gasteiger partial charge in [-0.25, -0.2) is 4.79 Å². The number of aromatic nitrogens is 4. The van der Waals surface area contributed by atoms with E-state index in [1.165, 1.54) is 0 Å².